The van der Waals surface area contributed by atoms with Gasteiger partial charge in [-0.15, -0.1) is 0 Å². The summed E-state index contributed by atoms with van der Waals surface area (Å²) in [7, 11) is 0. The molecule has 0 spiro atoms. The zero-order valence-corrected chi connectivity index (χ0v) is 66.7. The molecule has 123 heavy (non-hydrogen) atoms. The second-order valence-corrected chi connectivity index (χ2v) is 30.9. The van der Waals surface area contributed by atoms with Gasteiger partial charge in [0.2, 0.25) is 5.78 Å². The Labute approximate surface area is 709 Å². The molecule has 0 atom stereocenters. The lowest BCUT2D eigenvalue weighted by Crippen LogP contribution is -1.91. The molecule has 0 bridgehead atoms. The lowest BCUT2D eigenvalue weighted by atomic mass is 9.85. The Morgan fingerprint density at radius 3 is 0.813 bits per heavy atom. The molecule has 0 saturated carbocycles. The summed E-state index contributed by atoms with van der Waals surface area (Å²) in [4.78, 5) is 30.9. The van der Waals surface area contributed by atoms with Crippen molar-refractivity contribution in [1.82, 2.24) is 48.1 Å². The van der Waals surface area contributed by atoms with Gasteiger partial charge in [0, 0.05) is 53.9 Å². The Morgan fingerprint density at radius 2 is 0.472 bits per heavy atom. The molecule has 6 heterocycles. The number of aromatic nitrogens is 10. The Bertz CT molecular complexity index is 7200. The van der Waals surface area contributed by atoms with Crippen molar-refractivity contribution in [3.63, 3.8) is 0 Å². The van der Waals surface area contributed by atoms with Crippen LogP contribution in [0.5, 0.6) is 0 Å². The Hall–Kier alpha value is -16.7. The van der Waals surface area contributed by atoms with Crippen molar-refractivity contribution in [1.29, 1.82) is 0 Å². The predicted octanol–water partition coefficient (Wildman–Crippen LogP) is 28.5. The summed E-state index contributed by atoms with van der Waals surface area (Å²) in [5.74, 6) is 0.642. The van der Waals surface area contributed by atoms with Gasteiger partial charge in [0.05, 0.1) is 23.3 Å². The first-order valence-corrected chi connectivity index (χ1v) is 41.3. The molecule has 10 heteroatoms. The number of nitrogens with zero attached hydrogens (tertiary/aromatic N) is 10. The third-order valence-electron chi connectivity index (χ3n) is 23.7. The number of benzene rings is 18. The average molecular weight is 1570 g/mol. The van der Waals surface area contributed by atoms with Crippen molar-refractivity contribution in [2.45, 2.75) is 0 Å². The summed E-state index contributed by atoms with van der Waals surface area (Å²) in [6, 6.07) is 140. The van der Waals surface area contributed by atoms with Crippen molar-refractivity contribution in [3.8, 4) is 134 Å². The molecule has 24 aromatic rings. The minimum atomic E-state index is 0.642. The number of rotatable bonds is 12. The van der Waals surface area contributed by atoms with Gasteiger partial charge >= 0.3 is 0 Å². The minimum absolute atomic E-state index is 0.642. The van der Waals surface area contributed by atoms with Crippen LogP contribution in [0.3, 0.4) is 0 Å². The smallest absolute Gasteiger partial charge is 0.237 e. The van der Waals surface area contributed by atoms with Crippen LogP contribution < -0.4 is 0 Å². The highest BCUT2D eigenvalue weighted by Crippen LogP contribution is 2.49. The lowest BCUT2D eigenvalue weighted by Gasteiger charge is -2.18. The summed E-state index contributed by atoms with van der Waals surface area (Å²) in [5.41, 5.74) is 29.7. The van der Waals surface area contributed by atoms with Crippen LogP contribution in [0.25, 0.3) is 216 Å². The zero-order valence-electron chi connectivity index (χ0n) is 66.7. The van der Waals surface area contributed by atoms with Crippen LogP contribution in [0.15, 0.2) is 451 Å². The molecule has 0 aliphatic rings. The van der Waals surface area contributed by atoms with Crippen LogP contribution in [0, 0.1) is 0 Å². The van der Waals surface area contributed by atoms with Gasteiger partial charge in [0.15, 0.2) is 5.65 Å². The monoisotopic (exact) mass is 1570 g/mol. The van der Waals surface area contributed by atoms with Crippen molar-refractivity contribution in [2.75, 3.05) is 0 Å². The van der Waals surface area contributed by atoms with Gasteiger partial charge in [-0.05, 0) is 189 Å². The van der Waals surface area contributed by atoms with Gasteiger partial charge in [-0.25, -0.2) is 29.9 Å². The molecule has 10 nitrogen and oxygen atoms in total. The van der Waals surface area contributed by atoms with Gasteiger partial charge < -0.3 is 4.40 Å². The van der Waals surface area contributed by atoms with Crippen LogP contribution >= 0.6 is 0 Å². The highest BCUT2D eigenvalue weighted by atomic mass is 15.1. The predicted molar refractivity (Wildman–Crippen MR) is 507 cm³/mol. The second-order valence-electron chi connectivity index (χ2n) is 30.9. The number of imidazole rings is 3. The standard InChI is InChI=1S/2C38H25N3.C37H24N4/c1-3-9-28(10-4-1)37-31-13-7-8-14-32(31)38(29-11-5-2-6-12-29)34-23-30(19-20-33(34)37)26-15-17-27(18-16-26)35-25-41-22-21-39-24-36(41)40-35;1-3-9-28(10-4-1)37-31-13-7-8-14-32(31)38(29-11-5-2-6-12-29)34-23-30(19-20-33(34)37)26-15-17-27(18-16-26)35-24-41-25-39-22-21-36(41)40-35;1-3-9-27(10-4-1)35-30-13-7-8-14-31(30)36(28-11-5-2-6-12-28)33-21-29(19-20-32(33)35)25-15-17-26(18-16-25)34-22-41-24-38-23-39-37(41)40-34/h2*1-25H;1-24H. The van der Waals surface area contributed by atoms with E-state index in [1.807, 2.05) is 44.1 Å². The van der Waals surface area contributed by atoms with E-state index < -0.39 is 0 Å². The Kier molecular flexibility index (Phi) is 18.7. The number of hydrogen-bond acceptors (Lipinski definition) is 7. The van der Waals surface area contributed by atoms with Crippen LogP contribution in [-0.4, -0.2) is 48.1 Å². The molecular weight excluding hydrogens is 1500 g/mol. The number of hydrogen-bond donors (Lipinski definition) is 0. The highest BCUT2D eigenvalue weighted by Gasteiger charge is 2.23. The largest absolute Gasteiger partial charge is 0.304 e. The van der Waals surface area contributed by atoms with Gasteiger partial charge in [-0.2, -0.15) is 0 Å². The van der Waals surface area contributed by atoms with E-state index in [9.17, 15) is 0 Å². The van der Waals surface area contributed by atoms with E-state index in [2.05, 4.69) is 407 Å². The van der Waals surface area contributed by atoms with E-state index in [1.54, 1.807) is 31.2 Å². The second kappa shape index (κ2) is 31.6. The maximum absolute atomic E-state index is 4.76. The first-order chi connectivity index (χ1) is 61.0. The quantitative estimate of drug-likeness (QED) is 0.112. The molecule has 24 rings (SSSR count). The maximum Gasteiger partial charge on any atom is 0.237 e. The average Bonchev–Trinajstić information content (AvgIpc) is 1.30. The topological polar surface area (TPSA) is 103 Å². The molecule has 0 N–H and O–H groups in total. The van der Waals surface area contributed by atoms with Crippen molar-refractivity contribution in [2.24, 2.45) is 0 Å². The minimum Gasteiger partial charge on any atom is -0.304 e. The molecule has 0 aliphatic carbocycles. The van der Waals surface area contributed by atoms with E-state index in [4.69, 9.17) is 9.97 Å². The first kappa shape index (κ1) is 72.7. The van der Waals surface area contributed by atoms with E-state index in [-0.39, 0.29) is 0 Å². The fourth-order valence-corrected chi connectivity index (χ4v) is 17.9. The Balaban J connectivity index is 0.000000110. The van der Waals surface area contributed by atoms with Crippen LogP contribution in [0.4, 0.5) is 0 Å². The van der Waals surface area contributed by atoms with Crippen LogP contribution in [0.2, 0.25) is 0 Å². The summed E-state index contributed by atoms with van der Waals surface area (Å²) in [5, 5.41) is 15.1. The summed E-state index contributed by atoms with van der Waals surface area (Å²) >= 11 is 0. The summed E-state index contributed by atoms with van der Waals surface area (Å²) in [6.45, 7) is 0. The summed E-state index contributed by atoms with van der Waals surface area (Å²) < 4.78 is 5.79. The van der Waals surface area contributed by atoms with E-state index >= 15 is 0 Å². The third-order valence-corrected chi connectivity index (χ3v) is 23.7. The molecule has 0 amide bonds. The van der Waals surface area contributed by atoms with Gasteiger partial charge in [-0.1, -0.05) is 364 Å². The summed E-state index contributed by atoms with van der Waals surface area (Å²) in [6.07, 6.45) is 18.3. The molecule has 0 unspecified atom stereocenters. The van der Waals surface area contributed by atoms with Gasteiger partial charge in [-0.3, -0.25) is 13.8 Å². The molecule has 18 aromatic carbocycles. The number of fused-ring (bicyclic) bond motifs is 9. The fourth-order valence-electron chi connectivity index (χ4n) is 17.9. The normalized spacial score (nSPS) is 11.4. The molecule has 0 radical (unpaired) electrons. The first-order valence-electron chi connectivity index (χ1n) is 41.3. The van der Waals surface area contributed by atoms with Crippen molar-refractivity contribution < 1.29 is 0 Å². The Morgan fingerprint density at radius 1 is 0.187 bits per heavy atom. The SMILES string of the molecule is c1ccc(-c2c3ccccc3c(-c3ccccc3)c3cc(-c4ccc(-c5cn6ccncc6n5)cc4)ccc23)cc1.c1ccc(-c2c3ccccc3c(-c3ccccc3)c3cc(-c4ccc(-c5cn6cnccc6n5)cc4)ccc23)cc1.c1ccc(-c2c3ccccc3c(-c3ccccc3)c3cc(-c4ccc(-c5cn6cncnc6n5)cc4)ccc23)cc1. The molecule has 6 aromatic heterocycles. The molecule has 576 valence electrons. The zero-order chi connectivity index (χ0) is 81.5. The molecule has 0 aliphatic heterocycles. The molecule has 0 fully saturated rings. The lowest BCUT2D eigenvalue weighted by molar-refractivity contribution is 1.01. The third kappa shape index (κ3) is 13.7. The van der Waals surface area contributed by atoms with E-state index in [1.165, 1.54) is 166 Å². The van der Waals surface area contributed by atoms with E-state index in [0.29, 0.717) is 5.78 Å². The molecule has 0 saturated heterocycles. The van der Waals surface area contributed by atoms with Gasteiger partial charge in [0.1, 0.15) is 24.6 Å². The van der Waals surface area contributed by atoms with Crippen LogP contribution in [0.1, 0.15) is 0 Å². The molecular formula is C113H74N10. The highest BCUT2D eigenvalue weighted by molar-refractivity contribution is 6.25. The van der Waals surface area contributed by atoms with Crippen molar-refractivity contribution in [3.05, 3.63) is 451 Å². The van der Waals surface area contributed by atoms with Crippen molar-refractivity contribution >= 4 is 81.7 Å². The van der Waals surface area contributed by atoms with Gasteiger partial charge in [0.25, 0.3) is 0 Å². The fraction of sp³-hybridized carbons (Fsp3) is 0. The maximum atomic E-state index is 4.76. The van der Waals surface area contributed by atoms with E-state index in [0.717, 1.165) is 50.6 Å². The van der Waals surface area contributed by atoms with Crippen LogP contribution in [-0.2, 0) is 0 Å².